The van der Waals surface area contributed by atoms with Crippen molar-refractivity contribution in [2.24, 2.45) is 0 Å². The van der Waals surface area contributed by atoms with Gasteiger partial charge in [-0.05, 0) is 30.3 Å². The summed E-state index contributed by atoms with van der Waals surface area (Å²) in [6.45, 7) is 0.697. The summed E-state index contributed by atoms with van der Waals surface area (Å²) < 4.78 is 29.2. The monoisotopic (exact) mass is 462 g/mol. The number of hydrogen-bond acceptors (Lipinski definition) is 6. The number of fused-ring (bicyclic) bond motifs is 5. The lowest BCUT2D eigenvalue weighted by atomic mass is 10.1. The van der Waals surface area contributed by atoms with Gasteiger partial charge in [0.1, 0.15) is 36.4 Å². The molecule has 0 aliphatic carbocycles. The third-order valence-electron chi connectivity index (χ3n) is 5.59. The molecule has 33 heavy (non-hydrogen) atoms. The van der Waals surface area contributed by atoms with E-state index in [0.29, 0.717) is 52.7 Å². The van der Waals surface area contributed by atoms with Crippen molar-refractivity contribution in [1.29, 1.82) is 0 Å². The summed E-state index contributed by atoms with van der Waals surface area (Å²) in [5, 5.41) is 9.29. The maximum Gasteiger partial charge on any atom is 0.247 e. The lowest BCUT2D eigenvalue weighted by Crippen LogP contribution is -2.09. The van der Waals surface area contributed by atoms with E-state index in [2.05, 4.69) is 20.2 Å². The first-order valence-electron chi connectivity index (χ1n) is 10.1. The van der Waals surface area contributed by atoms with Crippen LogP contribution in [0.4, 0.5) is 4.39 Å². The van der Waals surface area contributed by atoms with E-state index in [1.54, 1.807) is 31.6 Å². The molecule has 1 aliphatic rings. The zero-order valence-electron chi connectivity index (χ0n) is 17.4. The van der Waals surface area contributed by atoms with Crippen LogP contribution in [0.5, 0.6) is 0 Å². The summed E-state index contributed by atoms with van der Waals surface area (Å²) in [5.74, 6) is 1.26. The van der Waals surface area contributed by atoms with Crippen LogP contribution >= 0.6 is 11.6 Å². The summed E-state index contributed by atoms with van der Waals surface area (Å²) in [6.07, 6.45) is 3.14. The quantitative estimate of drug-likeness (QED) is 0.376. The summed E-state index contributed by atoms with van der Waals surface area (Å²) in [5.41, 5.74) is 3.79. The summed E-state index contributed by atoms with van der Waals surface area (Å²) in [6, 6.07) is 12.0. The minimum absolute atomic E-state index is 0.294. The van der Waals surface area contributed by atoms with Crippen molar-refractivity contribution in [3.63, 3.8) is 0 Å². The smallest absolute Gasteiger partial charge is 0.247 e. The molecule has 0 spiro atoms. The van der Waals surface area contributed by atoms with Crippen molar-refractivity contribution < 1.29 is 13.5 Å². The molecule has 10 heteroatoms. The van der Waals surface area contributed by atoms with Crippen molar-refractivity contribution in [3.8, 4) is 39.9 Å². The number of halogens is 2. The van der Waals surface area contributed by atoms with Gasteiger partial charge in [0.2, 0.25) is 5.89 Å². The number of benzene rings is 2. The van der Waals surface area contributed by atoms with Gasteiger partial charge in [-0.15, -0.1) is 10.2 Å². The molecular formula is C23H16ClFN6O2. The Labute approximate surface area is 192 Å². The fourth-order valence-corrected chi connectivity index (χ4v) is 4.24. The number of ether oxygens (including phenoxy) is 1. The van der Waals surface area contributed by atoms with Crippen LogP contribution in [-0.2, 0) is 17.9 Å². The number of oxazole rings is 1. The second-order valence-electron chi connectivity index (χ2n) is 7.55. The molecule has 0 fully saturated rings. The Morgan fingerprint density at radius 2 is 2.03 bits per heavy atom. The molecule has 1 aliphatic heterocycles. The first-order valence-corrected chi connectivity index (χ1v) is 10.5. The molecule has 0 atom stereocenters. The second kappa shape index (κ2) is 7.65. The van der Waals surface area contributed by atoms with Gasteiger partial charge in [-0.2, -0.15) is 0 Å². The molecule has 4 heterocycles. The molecule has 164 valence electrons. The Balaban J connectivity index is 1.53. The molecule has 0 saturated carbocycles. The average molecular weight is 463 g/mol. The standard InChI is InChI=1S/C23H16ClFN6O2/c1-32-11-20-28-29-22-15-8-13(24)6-7-18(15)31-12-26-21(19(31)9-30(20)22)23-27-17(10-33-23)14-4-2-3-5-16(14)25/h2-8,10,12H,9,11H2,1H3. The topological polar surface area (TPSA) is 83.8 Å². The number of hydrogen-bond donors (Lipinski definition) is 0. The van der Waals surface area contributed by atoms with E-state index in [1.165, 1.54) is 12.3 Å². The van der Waals surface area contributed by atoms with Gasteiger partial charge < -0.3 is 13.7 Å². The van der Waals surface area contributed by atoms with Gasteiger partial charge >= 0.3 is 0 Å². The van der Waals surface area contributed by atoms with Crippen molar-refractivity contribution >= 4 is 11.6 Å². The molecule has 0 unspecified atom stereocenters. The van der Waals surface area contributed by atoms with Gasteiger partial charge in [0.25, 0.3) is 0 Å². The van der Waals surface area contributed by atoms with E-state index < -0.39 is 0 Å². The molecule has 6 rings (SSSR count). The largest absolute Gasteiger partial charge is 0.443 e. The summed E-state index contributed by atoms with van der Waals surface area (Å²) in [7, 11) is 1.61. The van der Waals surface area contributed by atoms with Crippen LogP contribution in [-0.4, -0.2) is 36.4 Å². The molecule has 5 aromatic rings. The number of imidazole rings is 1. The molecule has 0 amide bonds. The zero-order valence-corrected chi connectivity index (χ0v) is 18.1. The third kappa shape index (κ3) is 3.16. The number of aromatic nitrogens is 6. The predicted molar refractivity (Wildman–Crippen MR) is 118 cm³/mol. The van der Waals surface area contributed by atoms with Gasteiger partial charge in [-0.1, -0.05) is 23.7 Å². The van der Waals surface area contributed by atoms with Crippen molar-refractivity contribution in [3.05, 3.63) is 77.4 Å². The van der Waals surface area contributed by atoms with E-state index in [4.69, 9.17) is 20.8 Å². The molecule has 0 radical (unpaired) electrons. The third-order valence-corrected chi connectivity index (χ3v) is 5.83. The van der Waals surface area contributed by atoms with Crippen LogP contribution in [0, 0.1) is 5.82 Å². The van der Waals surface area contributed by atoms with Gasteiger partial charge in [0, 0.05) is 23.3 Å². The molecule has 0 saturated heterocycles. The predicted octanol–water partition coefficient (Wildman–Crippen LogP) is 4.75. The van der Waals surface area contributed by atoms with Crippen molar-refractivity contribution in [1.82, 2.24) is 29.3 Å². The Morgan fingerprint density at radius 1 is 1.15 bits per heavy atom. The summed E-state index contributed by atoms with van der Waals surface area (Å²) >= 11 is 6.30. The molecular weight excluding hydrogens is 447 g/mol. The van der Waals surface area contributed by atoms with Crippen LogP contribution in [0.25, 0.3) is 39.9 Å². The van der Waals surface area contributed by atoms with Gasteiger partial charge in [0.15, 0.2) is 11.6 Å². The lowest BCUT2D eigenvalue weighted by Gasteiger charge is -2.08. The summed E-state index contributed by atoms with van der Waals surface area (Å²) in [4.78, 5) is 9.11. The van der Waals surface area contributed by atoms with Crippen LogP contribution in [0.1, 0.15) is 11.5 Å². The van der Waals surface area contributed by atoms with E-state index in [9.17, 15) is 4.39 Å². The fourth-order valence-electron chi connectivity index (χ4n) is 4.07. The highest BCUT2D eigenvalue weighted by molar-refractivity contribution is 6.31. The Hall–Kier alpha value is -3.82. The van der Waals surface area contributed by atoms with Gasteiger partial charge in [0.05, 0.1) is 17.9 Å². The molecule has 8 nitrogen and oxygen atoms in total. The fraction of sp³-hybridized carbons (Fsp3) is 0.130. The Morgan fingerprint density at radius 3 is 2.88 bits per heavy atom. The maximum absolute atomic E-state index is 14.3. The minimum Gasteiger partial charge on any atom is -0.443 e. The first kappa shape index (κ1) is 19.8. The first-order chi connectivity index (χ1) is 16.1. The lowest BCUT2D eigenvalue weighted by molar-refractivity contribution is 0.174. The maximum atomic E-state index is 14.3. The van der Waals surface area contributed by atoms with Gasteiger partial charge in [-0.3, -0.25) is 4.57 Å². The van der Waals surface area contributed by atoms with E-state index in [1.807, 2.05) is 27.3 Å². The highest BCUT2D eigenvalue weighted by Crippen LogP contribution is 2.36. The molecule has 2 aromatic carbocycles. The van der Waals surface area contributed by atoms with Crippen LogP contribution in [0.3, 0.4) is 0 Å². The Bertz CT molecular complexity index is 1500. The minimum atomic E-state index is -0.370. The van der Waals surface area contributed by atoms with E-state index in [-0.39, 0.29) is 5.82 Å². The zero-order chi connectivity index (χ0) is 22.5. The number of nitrogens with zero attached hydrogens (tertiary/aromatic N) is 6. The highest BCUT2D eigenvalue weighted by Gasteiger charge is 2.28. The van der Waals surface area contributed by atoms with Crippen molar-refractivity contribution in [2.75, 3.05) is 7.11 Å². The number of rotatable bonds is 4. The molecule has 0 bridgehead atoms. The van der Waals surface area contributed by atoms with E-state index in [0.717, 1.165) is 16.9 Å². The normalized spacial score (nSPS) is 12.2. The van der Waals surface area contributed by atoms with Crippen LogP contribution < -0.4 is 0 Å². The molecule has 0 N–H and O–H groups in total. The molecule has 3 aromatic heterocycles. The number of methoxy groups -OCH3 is 1. The second-order valence-corrected chi connectivity index (χ2v) is 7.98. The van der Waals surface area contributed by atoms with Crippen LogP contribution in [0.15, 0.2) is 59.5 Å². The van der Waals surface area contributed by atoms with Crippen molar-refractivity contribution in [2.45, 2.75) is 13.2 Å². The van der Waals surface area contributed by atoms with Gasteiger partial charge in [-0.25, -0.2) is 14.4 Å². The van der Waals surface area contributed by atoms with Crippen LogP contribution in [0.2, 0.25) is 5.02 Å². The highest BCUT2D eigenvalue weighted by atomic mass is 35.5. The SMILES string of the molecule is COCc1nnc2n1Cc1c(-c3nc(-c4ccccc4F)co3)ncn1-c1ccc(Cl)cc1-2. The Kier molecular flexibility index (Phi) is 4.60. The van der Waals surface area contributed by atoms with E-state index >= 15 is 0 Å². The average Bonchev–Trinajstić information content (AvgIpc) is 3.53.